The number of benzene rings is 2. The van der Waals surface area contributed by atoms with Gasteiger partial charge in [-0.2, -0.15) is 0 Å². The van der Waals surface area contributed by atoms with Crippen LogP contribution in [0.15, 0.2) is 52.9 Å². The number of carbonyl (C=O) groups excluding carboxylic acids is 1. The largest absolute Gasteiger partial charge is 0.440 e. The van der Waals surface area contributed by atoms with E-state index in [1.165, 1.54) is 0 Å². The van der Waals surface area contributed by atoms with Gasteiger partial charge in [-0.05, 0) is 43.6 Å². The monoisotopic (exact) mass is 371 g/mol. The van der Waals surface area contributed by atoms with Gasteiger partial charge >= 0.3 is 0 Å². The van der Waals surface area contributed by atoms with Crippen molar-refractivity contribution in [2.24, 2.45) is 5.92 Å². The molecule has 3 aromatic rings. The van der Waals surface area contributed by atoms with Crippen molar-refractivity contribution >= 4 is 35.1 Å². The lowest BCUT2D eigenvalue weighted by molar-refractivity contribution is -0.120. The molecular weight excluding hydrogens is 350 g/mol. The standard InChI is InChI=1S/C20H21N3O2.ClH/c24-20(15-8-10-21-11-9-15)22-16-6-7-17-18(13-16)25-19(23-17)12-14-4-2-1-3-5-14;/h1-7,13,15,21H,8-12H2,(H,22,24);1H. The Labute approximate surface area is 158 Å². The summed E-state index contributed by atoms with van der Waals surface area (Å²) in [6.07, 6.45) is 2.43. The quantitative estimate of drug-likeness (QED) is 0.732. The van der Waals surface area contributed by atoms with Gasteiger partial charge in [0.15, 0.2) is 11.5 Å². The van der Waals surface area contributed by atoms with Gasteiger partial charge in [0.1, 0.15) is 5.52 Å². The molecule has 6 heteroatoms. The van der Waals surface area contributed by atoms with Crippen LogP contribution in [0.1, 0.15) is 24.3 Å². The van der Waals surface area contributed by atoms with Crippen molar-refractivity contribution in [1.29, 1.82) is 0 Å². The first kappa shape index (κ1) is 18.4. The third kappa shape index (κ3) is 4.23. The number of anilines is 1. The molecule has 1 fully saturated rings. The molecule has 0 atom stereocenters. The van der Waals surface area contributed by atoms with Gasteiger partial charge in [0.2, 0.25) is 5.91 Å². The Kier molecular flexibility index (Phi) is 5.91. The van der Waals surface area contributed by atoms with E-state index in [1.54, 1.807) is 0 Å². The molecule has 1 aliphatic rings. The van der Waals surface area contributed by atoms with Crippen LogP contribution in [0.3, 0.4) is 0 Å². The number of oxazole rings is 1. The average Bonchev–Trinajstić information content (AvgIpc) is 3.04. The predicted octanol–water partition coefficient (Wildman–Crippen LogP) is 3.78. The number of halogens is 1. The van der Waals surface area contributed by atoms with Crippen LogP contribution in [0, 0.1) is 5.92 Å². The lowest BCUT2D eigenvalue weighted by Crippen LogP contribution is -2.34. The second kappa shape index (κ2) is 8.34. The molecule has 0 aliphatic carbocycles. The van der Waals surface area contributed by atoms with E-state index in [1.807, 2.05) is 36.4 Å². The number of nitrogens with one attached hydrogen (secondary N) is 2. The first-order chi connectivity index (χ1) is 12.3. The number of nitrogens with zero attached hydrogens (tertiary/aromatic N) is 1. The van der Waals surface area contributed by atoms with Crippen LogP contribution >= 0.6 is 12.4 Å². The van der Waals surface area contributed by atoms with Crippen LogP contribution < -0.4 is 10.6 Å². The molecule has 0 radical (unpaired) electrons. The van der Waals surface area contributed by atoms with Crippen molar-refractivity contribution in [1.82, 2.24) is 10.3 Å². The van der Waals surface area contributed by atoms with Gasteiger partial charge in [-0.1, -0.05) is 30.3 Å². The molecule has 0 saturated carbocycles. The van der Waals surface area contributed by atoms with E-state index in [-0.39, 0.29) is 24.2 Å². The van der Waals surface area contributed by atoms with E-state index in [2.05, 4.69) is 27.8 Å². The number of aromatic nitrogens is 1. The maximum Gasteiger partial charge on any atom is 0.227 e. The van der Waals surface area contributed by atoms with Gasteiger partial charge in [0.25, 0.3) is 0 Å². The van der Waals surface area contributed by atoms with Gasteiger partial charge in [-0.15, -0.1) is 12.4 Å². The molecule has 4 rings (SSSR count). The molecule has 1 saturated heterocycles. The minimum atomic E-state index is 0. The number of hydrogen-bond donors (Lipinski definition) is 2. The lowest BCUT2D eigenvalue weighted by Gasteiger charge is -2.21. The van der Waals surface area contributed by atoms with Crippen LogP contribution in [0.25, 0.3) is 11.1 Å². The highest BCUT2D eigenvalue weighted by Crippen LogP contribution is 2.23. The van der Waals surface area contributed by atoms with E-state index >= 15 is 0 Å². The summed E-state index contributed by atoms with van der Waals surface area (Å²) in [7, 11) is 0. The second-order valence-electron chi connectivity index (χ2n) is 6.47. The van der Waals surface area contributed by atoms with Crippen LogP contribution in [0.4, 0.5) is 5.69 Å². The first-order valence-corrected chi connectivity index (χ1v) is 8.73. The fourth-order valence-corrected chi connectivity index (χ4v) is 3.22. The molecule has 136 valence electrons. The highest BCUT2D eigenvalue weighted by atomic mass is 35.5. The summed E-state index contributed by atoms with van der Waals surface area (Å²) < 4.78 is 5.87. The van der Waals surface area contributed by atoms with Crippen molar-refractivity contribution in [3.05, 3.63) is 60.0 Å². The van der Waals surface area contributed by atoms with Crippen molar-refractivity contribution < 1.29 is 9.21 Å². The Hall–Kier alpha value is -2.37. The summed E-state index contributed by atoms with van der Waals surface area (Å²) in [5.74, 6) is 0.855. The number of fused-ring (bicyclic) bond motifs is 1. The molecule has 2 heterocycles. The summed E-state index contributed by atoms with van der Waals surface area (Å²) in [6, 6.07) is 15.8. The molecule has 5 nitrogen and oxygen atoms in total. The summed E-state index contributed by atoms with van der Waals surface area (Å²) in [4.78, 5) is 16.9. The molecular formula is C20H22ClN3O2. The minimum absolute atomic E-state index is 0. The maximum atomic E-state index is 12.4. The normalized spacial score (nSPS) is 14.8. The van der Waals surface area contributed by atoms with Gasteiger partial charge in [0.05, 0.1) is 0 Å². The Balaban J connectivity index is 0.00000196. The highest BCUT2D eigenvalue weighted by Gasteiger charge is 2.21. The van der Waals surface area contributed by atoms with Crippen LogP contribution in [0.5, 0.6) is 0 Å². The number of amides is 1. The molecule has 1 amide bonds. The molecule has 2 N–H and O–H groups in total. The van der Waals surface area contributed by atoms with Gasteiger partial charge < -0.3 is 15.1 Å². The fraction of sp³-hybridized carbons (Fsp3) is 0.300. The minimum Gasteiger partial charge on any atom is -0.440 e. The van der Waals surface area contributed by atoms with E-state index in [9.17, 15) is 4.79 Å². The zero-order valence-corrected chi connectivity index (χ0v) is 15.2. The Morgan fingerprint density at radius 1 is 1.15 bits per heavy atom. The van der Waals surface area contributed by atoms with E-state index < -0.39 is 0 Å². The van der Waals surface area contributed by atoms with Crippen LogP contribution in [-0.4, -0.2) is 24.0 Å². The number of piperidine rings is 1. The van der Waals surface area contributed by atoms with Crippen LogP contribution in [0.2, 0.25) is 0 Å². The topological polar surface area (TPSA) is 67.2 Å². The number of carbonyl (C=O) groups is 1. The first-order valence-electron chi connectivity index (χ1n) is 8.73. The summed E-state index contributed by atoms with van der Waals surface area (Å²) >= 11 is 0. The molecule has 1 aromatic heterocycles. The summed E-state index contributed by atoms with van der Waals surface area (Å²) in [5.41, 5.74) is 3.44. The second-order valence-corrected chi connectivity index (χ2v) is 6.47. The number of hydrogen-bond acceptors (Lipinski definition) is 4. The Morgan fingerprint density at radius 2 is 1.92 bits per heavy atom. The van der Waals surface area contributed by atoms with E-state index in [0.717, 1.165) is 42.7 Å². The maximum absolute atomic E-state index is 12.4. The zero-order valence-electron chi connectivity index (χ0n) is 14.4. The van der Waals surface area contributed by atoms with Gasteiger partial charge in [-0.25, -0.2) is 4.98 Å². The Morgan fingerprint density at radius 3 is 2.69 bits per heavy atom. The fourth-order valence-electron chi connectivity index (χ4n) is 3.22. The molecule has 26 heavy (non-hydrogen) atoms. The summed E-state index contributed by atoms with van der Waals surface area (Å²) in [6.45, 7) is 1.81. The molecule has 2 aromatic carbocycles. The smallest absolute Gasteiger partial charge is 0.227 e. The lowest BCUT2D eigenvalue weighted by atomic mass is 9.97. The van der Waals surface area contributed by atoms with Crippen molar-refractivity contribution in [3.8, 4) is 0 Å². The van der Waals surface area contributed by atoms with E-state index in [4.69, 9.17) is 4.42 Å². The molecule has 0 bridgehead atoms. The average molecular weight is 372 g/mol. The summed E-state index contributed by atoms with van der Waals surface area (Å²) in [5, 5.41) is 6.29. The third-order valence-electron chi connectivity index (χ3n) is 4.61. The molecule has 1 aliphatic heterocycles. The van der Waals surface area contributed by atoms with Crippen LogP contribution in [-0.2, 0) is 11.2 Å². The highest BCUT2D eigenvalue weighted by molar-refractivity contribution is 5.94. The van der Waals surface area contributed by atoms with Crippen molar-refractivity contribution in [3.63, 3.8) is 0 Å². The number of rotatable bonds is 4. The third-order valence-corrected chi connectivity index (χ3v) is 4.61. The van der Waals surface area contributed by atoms with E-state index in [0.29, 0.717) is 17.9 Å². The SMILES string of the molecule is Cl.O=C(Nc1ccc2nc(Cc3ccccc3)oc2c1)C1CCNCC1. The zero-order chi connectivity index (χ0) is 17.1. The predicted molar refractivity (Wildman–Crippen MR) is 105 cm³/mol. The van der Waals surface area contributed by atoms with Gasteiger partial charge in [-0.3, -0.25) is 4.79 Å². The molecule has 0 unspecified atom stereocenters. The van der Waals surface area contributed by atoms with Crippen molar-refractivity contribution in [2.45, 2.75) is 19.3 Å². The van der Waals surface area contributed by atoms with Gasteiger partial charge in [0, 0.05) is 24.1 Å². The Bertz CT molecular complexity index is 873. The molecule has 0 spiro atoms. The van der Waals surface area contributed by atoms with Crippen molar-refractivity contribution in [2.75, 3.05) is 18.4 Å².